The first-order valence-electron chi connectivity index (χ1n) is 6.75. The van der Waals surface area contributed by atoms with Gasteiger partial charge in [0.15, 0.2) is 17.6 Å². The molecule has 2 aromatic rings. The van der Waals surface area contributed by atoms with Crippen LogP contribution in [0.2, 0.25) is 0 Å². The third-order valence-electron chi connectivity index (χ3n) is 3.80. The van der Waals surface area contributed by atoms with Gasteiger partial charge in [-0.15, -0.1) is 0 Å². The van der Waals surface area contributed by atoms with Gasteiger partial charge in [-0.25, -0.2) is 0 Å². The van der Waals surface area contributed by atoms with Gasteiger partial charge in [0.05, 0.1) is 0 Å². The van der Waals surface area contributed by atoms with Gasteiger partial charge >= 0.3 is 0 Å². The van der Waals surface area contributed by atoms with Crippen LogP contribution in [0.1, 0.15) is 17.2 Å². The minimum absolute atomic E-state index is 0.0518. The molecule has 3 rings (SSSR count). The quantitative estimate of drug-likeness (QED) is 0.635. The average Bonchev–Trinajstić information content (AvgIpc) is 2.48. The molecule has 22 heavy (non-hydrogen) atoms. The number of benzene rings is 2. The second-order valence-corrected chi connectivity index (χ2v) is 5.21. The first kappa shape index (κ1) is 14.3. The summed E-state index contributed by atoms with van der Waals surface area (Å²) >= 11 is 0. The molecule has 1 aliphatic heterocycles. The first-order chi connectivity index (χ1) is 10.5. The Bertz CT molecular complexity index is 712. The van der Waals surface area contributed by atoms with Gasteiger partial charge in [-0.3, -0.25) is 0 Å². The Labute approximate surface area is 126 Å². The summed E-state index contributed by atoms with van der Waals surface area (Å²) in [5.41, 5.74) is 1.18. The molecule has 0 aromatic heterocycles. The van der Waals surface area contributed by atoms with Crippen molar-refractivity contribution in [1.29, 1.82) is 0 Å². The molecular formula is C16H16O6. The normalized spacial score (nSPS) is 20.2. The lowest BCUT2D eigenvalue weighted by Crippen LogP contribution is -2.32. The highest BCUT2D eigenvalue weighted by molar-refractivity contribution is 5.52. The Kier molecular flexibility index (Phi) is 3.46. The number of phenolic OH excluding ortho intramolecular Hbond substituents is 4. The number of aromatic hydroxyl groups is 4. The smallest absolute Gasteiger partial charge is 0.157 e. The summed E-state index contributed by atoms with van der Waals surface area (Å²) in [7, 11) is 1.53. The summed E-state index contributed by atoms with van der Waals surface area (Å²) in [5, 5.41) is 38.6. The largest absolute Gasteiger partial charge is 0.508 e. The standard InChI is InChI=1S/C16H16O6/c1-21-15-7-10-12(19)5-9(17)6-14(10)22-16(15)8-2-3-11(18)13(20)4-8/h2-6,15-20H,7H2,1H3/t15-,16+/m0/s1. The Balaban J connectivity index is 2.02. The fraction of sp³-hybridized carbons (Fsp3) is 0.250. The van der Waals surface area contributed by atoms with E-state index in [1.165, 1.54) is 31.4 Å². The molecule has 0 amide bonds. The summed E-state index contributed by atoms with van der Waals surface area (Å²) in [4.78, 5) is 0. The van der Waals surface area contributed by atoms with E-state index in [9.17, 15) is 20.4 Å². The molecule has 2 aromatic carbocycles. The van der Waals surface area contributed by atoms with Crippen molar-refractivity contribution in [2.75, 3.05) is 7.11 Å². The molecule has 116 valence electrons. The van der Waals surface area contributed by atoms with E-state index in [4.69, 9.17) is 9.47 Å². The molecule has 0 spiro atoms. The number of fused-ring (bicyclic) bond motifs is 1. The maximum Gasteiger partial charge on any atom is 0.157 e. The highest BCUT2D eigenvalue weighted by Gasteiger charge is 2.33. The third kappa shape index (κ3) is 2.37. The topological polar surface area (TPSA) is 99.4 Å². The van der Waals surface area contributed by atoms with Gasteiger partial charge in [-0.2, -0.15) is 0 Å². The molecule has 6 heteroatoms. The Hall–Kier alpha value is -2.60. The minimum atomic E-state index is -0.537. The Morgan fingerprint density at radius 3 is 2.45 bits per heavy atom. The van der Waals surface area contributed by atoms with Gasteiger partial charge in [-0.1, -0.05) is 6.07 Å². The molecule has 0 fully saturated rings. The van der Waals surface area contributed by atoms with Crippen molar-refractivity contribution in [2.24, 2.45) is 0 Å². The third-order valence-corrected chi connectivity index (χ3v) is 3.80. The molecule has 0 radical (unpaired) electrons. The maximum absolute atomic E-state index is 9.92. The van der Waals surface area contributed by atoms with Crippen molar-refractivity contribution in [3.63, 3.8) is 0 Å². The molecule has 0 saturated carbocycles. The molecule has 0 bridgehead atoms. The Morgan fingerprint density at radius 1 is 1.00 bits per heavy atom. The molecule has 6 nitrogen and oxygen atoms in total. The average molecular weight is 304 g/mol. The fourth-order valence-electron chi connectivity index (χ4n) is 2.65. The summed E-state index contributed by atoms with van der Waals surface area (Å²) in [6.45, 7) is 0. The zero-order valence-corrected chi connectivity index (χ0v) is 11.9. The van der Waals surface area contributed by atoms with E-state index in [2.05, 4.69) is 0 Å². The van der Waals surface area contributed by atoms with Crippen LogP contribution in [-0.2, 0) is 11.2 Å². The van der Waals surface area contributed by atoms with Crippen molar-refractivity contribution in [1.82, 2.24) is 0 Å². The van der Waals surface area contributed by atoms with Gasteiger partial charge in [0.1, 0.15) is 23.4 Å². The van der Waals surface area contributed by atoms with Gasteiger partial charge in [0, 0.05) is 31.2 Å². The van der Waals surface area contributed by atoms with Crippen LogP contribution in [-0.4, -0.2) is 33.6 Å². The summed E-state index contributed by atoms with van der Waals surface area (Å²) < 4.78 is 11.3. The van der Waals surface area contributed by atoms with Crippen LogP contribution < -0.4 is 4.74 Å². The van der Waals surface area contributed by atoms with Crippen molar-refractivity contribution in [3.8, 4) is 28.7 Å². The molecular weight excluding hydrogens is 288 g/mol. The summed E-state index contributed by atoms with van der Waals surface area (Å²) in [6.07, 6.45) is -0.526. The van der Waals surface area contributed by atoms with Crippen LogP contribution in [0.3, 0.4) is 0 Å². The van der Waals surface area contributed by atoms with Crippen LogP contribution in [0.25, 0.3) is 0 Å². The monoisotopic (exact) mass is 304 g/mol. The lowest BCUT2D eigenvalue weighted by atomic mass is 9.93. The molecule has 1 aliphatic rings. The van der Waals surface area contributed by atoms with E-state index in [0.29, 0.717) is 23.3 Å². The van der Waals surface area contributed by atoms with Gasteiger partial charge < -0.3 is 29.9 Å². The SMILES string of the molecule is CO[C@H]1Cc2c(O)cc(O)cc2O[C@@H]1c1ccc(O)c(O)c1. The van der Waals surface area contributed by atoms with Crippen molar-refractivity contribution in [2.45, 2.75) is 18.6 Å². The van der Waals surface area contributed by atoms with E-state index >= 15 is 0 Å². The van der Waals surface area contributed by atoms with Crippen LogP contribution >= 0.6 is 0 Å². The van der Waals surface area contributed by atoms with Crippen molar-refractivity contribution in [3.05, 3.63) is 41.5 Å². The lowest BCUT2D eigenvalue weighted by molar-refractivity contribution is -0.0122. The van der Waals surface area contributed by atoms with E-state index in [0.717, 1.165) is 0 Å². The Morgan fingerprint density at radius 2 is 1.77 bits per heavy atom. The number of ether oxygens (including phenoxy) is 2. The van der Waals surface area contributed by atoms with E-state index in [1.807, 2.05) is 0 Å². The van der Waals surface area contributed by atoms with Gasteiger partial charge in [0.25, 0.3) is 0 Å². The highest BCUT2D eigenvalue weighted by Crippen LogP contribution is 2.43. The molecule has 0 saturated heterocycles. The van der Waals surface area contributed by atoms with Gasteiger partial charge in [-0.05, 0) is 17.7 Å². The van der Waals surface area contributed by atoms with Crippen LogP contribution in [0.5, 0.6) is 28.7 Å². The van der Waals surface area contributed by atoms with E-state index in [1.54, 1.807) is 6.07 Å². The second-order valence-electron chi connectivity index (χ2n) is 5.21. The number of methoxy groups -OCH3 is 1. The summed E-state index contributed by atoms with van der Waals surface area (Å²) in [5.74, 6) is -0.253. The second kappa shape index (κ2) is 5.31. The minimum Gasteiger partial charge on any atom is -0.508 e. The molecule has 1 heterocycles. The molecule has 0 unspecified atom stereocenters. The predicted octanol–water partition coefficient (Wildman–Crippen LogP) is 2.20. The zero-order valence-electron chi connectivity index (χ0n) is 11.9. The van der Waals surface area contributed by atoms with Crippen molar-refractivity contribution >= 4 is 0 Å². The maximum atomic E-state index is 9.92. The number of rotatable bonds is 2. The fourth-order valence-corrected chi connectivity index (χ4v) is 2.65. The number of phenols is 4. The number of hydrogen-bond acceptors (Lipinski definition) is 6. The summed E-state index contributed by atoms with van der Waals surface area (Å²) in [6, 6.07) is 7.07. The molecule has 0 aliphatic carbocycles. The predicted molar refractivity (Wildman–Crippen MR) is 77.4 cm³/mol. The van der Waals surface area contributed by atoms with E-state index in [-0.39, 0.29) is 29.1 Å². The van der Waals surface area contributed by atoms with Crippen molar-refractivity contribution < 1.29 is 29.9 Å². The van der Waals surface area contributed by atoms with Crippen LogP contribution in [0, 0.1) is 0 Å². The van der Waals surface area contributed by atoms with Gasteiger partial charge in [0.2, 0.25) is 0 Å². The van der Waals surface area contributed by atoms with Crippen LogP contribution in [0.4, 0.5) is 0 Å². The molecule has 4 N–H and O–H groups in total. The molecule has 2 atom stereocenters. The first-order valence-corrected chi connectivity index (χ1v) is 6.75. The van der Waals surface area contributed by atoms with E-state index < -0.39 is 6.10 Å². The highest BCUT2D eigenvalue weighted by atomic mass is 16.5. The lowest BCUT2D eigenvalue weighted by Gasteiger charge is -2.33. The van der Waals surface area contributed by atoms with Crippen LogP contribution in [0.15, 0.2) is 30.3 Å². The zero-order chi connectivity index (χ0) is 15.9. The number of hydrogen-bond donors (Lipinski definition) is 4.